The van der Waals surface area contributed by atoms with Crippen molar-refractivity contribution in [2.24, 2.45) is 5.10 Å². The molecule has 0 heterocycles. The molecule has 21 heavy (non-hydrogen) atoms. The Morgan fingerprint density at radius 2 is 1.95 bits per heavy atom. The van der Waals surface area contributed by atoms with Crippen molar-refractivity contribution in [2.45, 2.75) is 6.42 Å². The number of nitrogens with one attached hydrogen (secondary N) is 1. The predicted molar refractivity (Wildman–Crippen MR) is 84.0 cm³/mol. The van der Waals surface area contributed by atoms with Crippen LogP contribution in [0.3, 0.4) is 0 Å². The average Bonchev–Trinajstić information content (AvgIpc) is 2.45. The van der Waals surface area contributed by atoms with Gasteiger partial charge in [0, 0.05) is 10.6 Å². The summed E-state index contributed by atoms with van der Waals surface area (Å²) in [5.41, 5.74) is 3.59. The first-order valence-corrected chi connectivity index (χ1v) is 6.85. The van der Waals surface area contributed by atoms with Crippen LogP contribution >= 0.6 is 23.2 Å². The van der Waals surface area contributed by atoms with Crippen LogP contribution < -0.4 is 5.43 Å². The lowest BCUT2D eigenvalue weighted by Crippen LogP contribution is -2.19. The summed E-state index contributed by atoms with van der Waals surface area (Å²) in [5, 5.41) is 14.0. The zero-order chi connectivity index (χ0) is 15.2. The number of benzene rings is 2. The number of hydrogen-bond donors (Lipinski definition) is 2. The lowest BCUT2D eigenvalue weighted by atomic mass is 10.1. The third kappa shape index (κ3) is 4.48. The fraction of sp³-hybridized carbons (Fsp3) is 0.0667. The number of hydrogen-bond acceptors (Lipinski definition) is 3. The second-order valence-corrected chi connectivity index (χ2v) is 5.12. The van der Waals surface area contributed by atoms with E-state index in [0.29, 0.717) is 10.6 Å². The molecule has 0 bridgehead atoms. The van der Waals surface area contributed by atoms with Crippen molar-refractivity contribution in [3.8, 4) is 5.75 Å². The Labute approximate surface area is 132 Å². The Bertz CT molecular complexity index is 673. The van der Waals surface area contributed by atoms with Gasteiger partial charge in [-0.05, 0) is 17.7 Å². The molecule has 2 N–H and O–H groups in total. The van der Waals surface area contributed by atoms with Gasteiger partial charge in [0.1, 0.15) is 5.75 Å². The zero-order valence-electron chi connectivity index (χ0n) is 10.9. The van der Waals surface area contributed by atoms with Gasteiger partial charge in [0.05, 0.1) is 17.7 Å². The van der Waals surface area contributed by atoms with Crippen molar-refractivity contribution in [1.29, 1.82) is 0 Å². The average molecular weight is 323 g/mol. The summed E-state index contributed by atoms with van der Waals surface area (Å²) in [6.45, 7) is 0. The Morgan fingerprint density at radius 1 is 1.24 bits per heavy atom. The van der Waals surface area contributed by atoms with Gasteiger partial charge in [0.2, 0.25) is 5.91 Å². The topological polar surface area (TPSA) is 61.7 Å². The first kappa shape index (κ1) is 15.4. The van der Waals surface area contributed by atoms with Gasteiger partial charge < -0.3 is 5.11 Å². The van der Waals surface area contributed by atoms with Crippen molar-refractivity contribution < 1.29 is 9.90 Å². The maximum Gasteiger partial charge on any atom is 0.244 e. The van der Waals surface area contributed by atoms with E-state index in [-0.39, 0.29) is 23.1 Å². The first-order chi connectivity index (χ1) is 10.1. The van der Waals surface area contributed by atoms with Gasteiger partial charge in [0.15, 0.2) is 0 Å². The molecule has 0 radical (unpaired) electrons. The van der Waals surface area contributed by atoms with E-state index in [9.17, 15) is 9.90 Å². The van der Waals surface area contributed by atoms with Crippen molar-refractivity contribution in [3.05, 3.63) is 63.6 Å². The van der Waals surface area contributed by atoms with E-state index < -0.39 is 0 Å². The molecule has 0 saturated heterocycles. The second-order valence-electron chi connectivity index (χ2n) is 4.28. The number of aromatic hydroxyl groups is 1. The Kier molecular flexibility index (Phi) is 5.20. The number of phenolic OH excluding ortho intramolecular Hbond substituents is 1. The molecule has 0 spiro atoms. The monoisotopic (exact) mass is 322 g/mol. The Balaban J connectivity index is 1.98. The molecule has 4 nitrogen and oxygen atoms in total. The standard InChI is InChI=1S/C15H12Cl2N2O2/c16-12-7-11(15(21)13(17)8-12)9-18-19-14(20)6-10-4-2-1-3-5-10/h1-5,7-9,21H,6H2,(H,19,20)/b18-9-. The number of amides is 1. The van der Waals surface area contributed by atoms with Crippen LogP contribution in [0.15, 0.2) is 47.6 Å². The molecule has 0 saturated carbocycles. The largest absolute Gasteiger partial charge is 0.506 e. The van der Waals surface area contributed by atoms with E-state index in [0.717, 1.165) is 5.56 Å². The Morgan fingerprint density at radius 3 is 2.67 bits per heavy atom. The van der Waals surface area contributed by atoms with Gasteiger partial charge in [-0.1, -0.05) is 53.5 Å². The summed E-state index contributed by atoms with van der Waals surface area (Å²) in [4.78, 5) is 11.7. The van der Waals surface area contributed by atoms with Crippen LogP contribution in [0, 0.1) is 0 Å². The van der Waals surface area contributed by atoms with E-state index >= 15 is 0 Å². The van der Waals surface area contributed by atoms with Crippen molar-refractivity contribution in [3.63, 3.8) is 0 Å². The first-order valence-electron chi connectivity index (χ1n) is 6.10. The minimum absolute atomic E-state index is 0.125. The van der Waals surface area contributed by atoms with Gasteiger partial charge >= 0.3 is 0 Å². The summed E-state index contributed by atoms with van der Waals surface area (Å²) in [6, 6.07) is 12.2. The van der Waals surface area contributed by atoms with Crippen LogP contribution in [-0.4, -0.2) is 17.2 Å². The van der Waals surface area contributed by atoms with E-state index in [1.54, 1.807) is 0 Å². The van der Waals surface area contributed by atoms with E-state index in [1.165, 1.54) is 18.3 Å². The van der Waals surface area contributed by atoms with Crippen LogP contribution in [0.5, 0.6) is 5.75 Å². The quantitative estimate of drug-likeness (QED) is 0.669. The highest BCUT2D eigenvalue weighted by Crippen LogP contribution is 2.29. The maximum atomic E-state index is 11.7. The van der Waals surface area contributed by atoms with Crippen molar-refractivity contribution in [2.75, 3.05) is 0 Å². The number of carbonyl (C=O) groups excluding carboxylic acids is 1. The fourth-order valence-corrected chi connectivity index (χ4v) is 2.19. The smallest absolute Gasteiger partial charge is 0.244 e. The number of nitrogens with zero attached hydrogens (tertiary/aromatic N) is 1. The molecule has 0 aliphatic heterocycles. The van der Waals surface area contributed by atoms with Crippen LogP contribution in [0.25, 0.3) is 0 Å². The molecular weight excluding hydrogens is 311 g/mol. The van der Waals surface area contributed by atoms with E-state index in [4.69, 9.17) is 23.2 Å². The van der Waals surface area contributed by atoms with Crippen LogP contribution in [-0.2, 0) is 11.2 Å². The SMILES string of the molecule is O=C(Cc1ccccc1)N/N=C\c1cc(Cl)cc(Cl)c1O. The number of hydrazone groups is 1. The molecule has 6 heteroatoms. The fourth-order valence-electron chi connectivity index (χ4n) is 1.68. The zero-order valence-corrected chi connectivity index (χ0v) is 12.4. The number of carbonyl (C=O) groups is 1. The number of phenols is 1. The third-order valence-corrected chi connectivity index (χ3v) is 3.16. The highest BCUT2D eigenvalue weighted by molar-refractivity contribution is 6.36. The molecule has 0 aromatic heterocycles. The molecule has 1 amide bonds. The van der Waals surface area contributed by atoms with Gasteiger partial charge in [-0.15, -0.1) is 0 Å². The molecule has 0 aliphatic carbocycles. The molecule has 0 atom stereocenters. The van der Waals surface area contributed by atoms with Crippen molar-refractivity contribution in [1.82, 2.24) is 5.43 Å². The van der Waals surface area contributed by atoms with Crippen LogP contribution in [0.1, 0.15) is 11.1 Å². The molecule has 2 rings (SSSR count). The molecule has 108 valence electrons. The highest BCUT2D eigenvalue weighted by atomic mass is 35.5. The molecule has 0 unspecified atom stereocenters. The highest BCUT2D eigenvalue weighted by Gasteiger charge is 2.06. The summed E-state index contributed by atoms with van der Waals surface area (Å²) in [6.07, 6.45) is 1.51. The van der Waals surface area contributed by atoms with E-state index in [1.807, 2.05) is 30.3 Å². The summed E-state index contributed by atoms with van der Waals surface area (Å²) >= 11 is 11.6. The van der Waals surface area contributed by atoms with Crippen LogP contribution in [0.4, 0.5) is 0 Å². The van der Waals surface area contributed by atoms with Gasteiger partial charge in [0.25, 0.3) is 0 Å². The van der Waals surface area contributed by atoms with Crippen LogP contribution in [0.2, 0.25) is 10.0 Å². The summed E-state index contributed by atoms with van der Waals surface area (Å²) in [5.74, 6) is -0.396. The summed E-state index contributed by atoms with van der Waals surface area (Å²) < 4.78 is 0. The minimum Gasteiger partial charge on any atom is -0.506 e. The molecular formula is C15H12Cl2N2O2. The van der Waals surface area contributed by atoms with Crippen molar-refractivity contribution >= 4 is 35.3 Å². The predicted octanol–water partition coefficient (Wildman–Crippen LogP) is 3.39. The minimum atomic E-state index is -0.259. The Hall–Kier alpha value is -2.04. The lowest BCUT2D eigenvalue weighted by molar-refractivity contribution is -0.120. The molecule has 2 aromatic rings. The normalized spacial score (nSPS) is 10.8. The molecule has 0 aliphatic rings. The third-order valence-electron chi connectivity index (χ3n) is 2.66. The van der Waals surface area contributed by atoms with E-state index in [2.05, 4.69) is 10.5 Å². The molecule has 2 aromatic carbocycles. The van der Waals surface area contributed by atoms with Gasteiger partial charge in [-0.2, -0.15) is 5.10 Å². The number of rotatable bonds is 4. The summed E-state index contributed by atoms with van der Waals surface area (Å²) in [7, 11) is 0. The maximum absolute atomic E-state index is 11.7. The second kappa shape index (κ2) is 7.11. The molecule has 0 fully saturated rings. The number of halogens is 2. The van der Waals surface area contributed by atoms with Gasteiger partial charge in [-0.3, -0.25) is 4.79 Å². The lowest BCUT2D eigenvalue weighted by Gasteiger charge is -2.03. The van der Waals surface area contributed by atoms with Gasteiger partial charge in [-0.25, -0.2) is 5.43 Å².